The van der Waals surface area contributed by atoms with Crippen molar-refractivity contribution in [2.45, 2.75) is 25.8 Å². The first-order valence-electron chi connectivity index (χ1n) is 7.94. The predicted molar refractivity (Wildman–Crippen MR) is 95.8 cm³/mol. The number of hydrogen-bond acceptors (Lipinski definition) is 2. The van der Waals surface area contributed by atoms with E-state index in [1.165, 1.54) is 0 Å². The fourth-order valence-corrected chi connectivity index (χ4v) is 2.51. The van der Waals surface area contributed by atoms with Gasteiger partial charge in [0.25, 0.3) is 0 Å². The van der Waals surface area contributed by atoms with Crippen molar-refractivity contribution in [3.8, 4) is 0 Å². The van der Waals surface area contributed by atoms with E-state index in [0.717, 1.165) is 17.5 Å². The van der Waals surface area contributed by atoms with E-state index in [9.17, 15) is 9.59 Å². The van der Waals surface area contributed by atoms with Crippen LogP contribution in [0.25, 0.3) is 0 Å². The van der Waals surface area contributed by atoms with Crippen LogP contribution in [0.5, 0.6) is 0 Å². The summed E-state index contributed by atoms with van der Waals surface area (Å²) in [5.41, 5.74) is 1.91. The van der Waals surface area contributed by atoms with E-state index in [1.54, 1.807) is 12.1 Å². The Morgan fingerprint density at radius 1 is 1.00 bits per heavy atom. The largest absolute Gasteiger partial charge is 0.348 e. The van der Waals surface area contributed by atoms with Crippen molar-refractivity contribution in [3.63, 3.8) is 0 Å². The summed E-state index contributed by atoms with van der Waals surface area (Å²) in [5, 5.41) is 6.23. The van der Waals surface area contributed by atoms with Crippen molar-refractivity contribution in [1.82, 2.24) is 10.6 Å². The van der Waals surface area contributed by atoms with Gasteiger partial charge in [0.2, 0.25) is 11.8 Å². The van der Waals surface area contributed by atoms with Gasteiger partial charge in [0, 0.05) is 5.02 Å². The molecule has 0 fully saturated rings. The Morgan fingerprint density at radius 2 is 1.67 bits per heavy atom. The van der Waals surface area contributed by atoms with Gasteiger partial charge in [-0.2, -0.15) is 0 Å². The molecule has 0 radical (unpaired) electrons. The summed E-state index contributed by atoms with van der Waals surface area (Å²) in [6.07, 6.45) is 1.02. The lowest BCUT2D eigenvalue weighted by Gasteiger charge is -2.18. The lowest BCUT2D eigenvalue weighted by Crippen LogP contribution is -2.39. The van der Waals surface area contributed by atoms with E-state index >= 15 is 0 Å². The summed E-state index contributed by atoms with van der Waals surface area (Å²) in [6.45, 7) is 1.96. The Labute approximate surface area is 147 Å². The number of halogens is 1. The van der Waals surface area contributed by atoms with Gasteiger partial charge in [-0.05, 0) is 29.7 Å². The number of carbonyl (C=O) groups excluding carboxylic acids is 2. The molecule has 2 rings (SSSR count). The molecular formula is C19H21ClN2O2. The molecule has 2 amide bonds. The van der Waals surface area contributed by atoms with Gasteiger partial charge in [0.15, 0.2) is 0 Å². The maximum Gasteiger partial charge on any atom is 0.239 e. The summed E-state index contributed by atoms with van der Waals surface area (Å²) >= 11 is 5.88. The molecule has 24 heavy (non-hydrogen) atoms. The number of rotatable bonds is 7. The molecule has 0 aromatic heterocycles. The zero-order chi connectivity index (χ0) is 17.4. The quantitative estimate of drug-likeness (QED) is 0.810. The minimum atomic E-state index is -0.210. The van der Waals surface area contributed by atoms with Crippen LogP contribution in [0.1, 0.15) is 30.5 Å². The lowest BCUT2D eigenvalue weighted by molar-refractivity contribution is -0.126. The molecular weight excluding hydrogens is 324 g/mol. The molecule has 1 atom stereocenters. The highest BCUT2D eigenvalue weighted by atomic mass is 35.5. The standard InChI is InChI=1S/C19H21ClN2O2/c1-2-17(15-8-10-16(20)11-9-15)22-19(24)13-21-18(23)12-14-6-4-3-5-7-14/h3-11,17H,2,12-13H2,1H3,(H,21,23)(H,22,24). The van der Waals surface area contributed by atoms with Gasteiger partial charge in [-0.1, -0.05) is 61.0 Å². The van der Waals surface area contributed by atoms with Gasteiger partial charge in [0.1, 0.15) is 0 Å². The molecule has 2 aromatic rings. The van der Waals surface area contributed by atoms with Crippen molar-refractivity contribution in [3.05, 3.63) is 70.7 Å². The van der Waals surface area contributed by atoms with Crippen LogP contribution in [-0.2, 0) is 16.0 Å². The third kappa shape index (κ3) is 5.70. The molecule has 0 aliphatic carbocycles. The van der Waals surface area contributed by atoms with E-state index in [2.05, 4.69) is 10.6 Å². The molecule has 0 aliphatic heterocycles. The summed E-state index contributed by atoms with van der Waals surface area (Å²) in [4.78, 5) is 23.9. The van der Waals surface area contributed by atoms with Crippen molar-refractivity contribution in [2.75, 3.05) is 6.54 Å². The monoisotopic (exact) mass is 344 g/mol. The number of hydrogen-bond donors (Lipinski definition) is 2. The van der Waals surface area contributed by atoms with Gasteiger partial charge in [-0.3, -0.25) is 9.59 Å². The SMILES string of the molecule is CCC(NC(=O)CNC(=O)Cc1ccccc1)c1ccc(Cl)cc1. The fraction of sp³-hybridized carbons (Fsp3) is 0.263. The molecule has 4 nitrogen and oxygen atoms in total. The Balaban J connectivity index is 1.81. The normalized spacial score (nSPS) is 11.6. The summed E-state index contributed by atoms with van der Waals surface area (Å²) in [6, 6.07) is 16.7. The molecule has 0 bridgehead atoms. The molecule has 2 N–H and O–H groups in total. The zero-order valence-electron chi connectivity index (χ0n) is 13.6. The fourth-order valence-electron chi connectivity index (χ4n) is 2.38. The minimum absolute atomic E-state index is 0.0320. The molecule has 0 spiro atoms. The Hall–Kier alpha value is -2.33. The van der Waals surface area contributed by atoms with Crippen LogP contribution in [0, 0.1) is 0 Å². The average Bonchev–Trinajstić information content (AvgIpc) is 2.59. The average molecular weight is 345 g/mol. The van der Waals surface area contributed by atoms with E-state index in [4.69, 9.17) is 11.6 Å². The zero-order valence-corrected chi connectivity index (χ0v) is 14.3. The molecule has 0 saturated carbocycles. The van der Waals surface area contributed by atoms with Crippen LogP contribution in [0.2, 0.25) is 5.02 Å². The van der Waals surface area contributed by atoms with E-state index in [1.807, 2.05) is 49.4 Å². The first kappa shape index (κ1) is 18.0. The van der Waals surface area contributed by atoms with Crippen LogP contribution >= 0.6 is 11.6 Å². The summed E-state index contributed by atoms with van der Waals surface area (Å²) in [7, 11) is 0. The highest BCUT2D eigenvalue weighted by Gasteiger charge is 2.13. The number of benzene rings is 2. The first-order valence-corrected chi connectivity index (χ1v) is 8.31. The minimum Gasteiger partial charge on any atom is -0.348 e. The molecule has 2 aromatic carbocycles. The molecule has 1 unspecified atom stereocenters. The highest BCUT2D eigenvalue weighted by molar-refractivity contribution is 6.30. The number of amides is 2. The lowest BCUT2D eigenvalue weighted by atomic mass is 10.0. The summed E-state index contributed by atoms with van der Waals surface area (Å²) < 4.78 is 0. The predicted octanol–water partition coefficient (Wildman–Crippen LogP) is 3.27. The maximum absolute atomic E-state index is 12.1. The van der Waals surface area contributed by atoms with Crippen molar-refractivity contribution >= 4 is 23.4 Å². The Kier molecular flexibility index (Phi) is 6.82. The highest BCUT2D eigenvalue weighted by Crippen LogP contribution is 2.18. The van der Waals surface area contributed by atoms with Gasteiger partial charge in [-0.25, -0.2) is 0 Å². The molecule has 5 heteroatoms. The van der Waals surface area contributed by atoms with Crippen LogP contribution in [-0.4, -0.2) is 18.4 Å². The van der Waals surface area contributed by atoms with Crippen LogP contribution < -0.4 is 10.6 Å². The maximum atomic E-state index is 12.1. The van der Waals surface area contributed by atoms with Gasteiger partial charge in [-0.15, -0.1) is 0 Å². The van der Waals surface area contributed by atoms with Crippen molar-refractivity contribution in [1.29, 1.82) is 0 Å². The molecule has 0 saturated heterocycles. The Morgan fingerprint density at radius 3 is 2.29 bits per heavy atom. The van der Waals surface area contributed by atoms with E-state index in [0.29, 0.717) is 5.02 Å². The van der Waals surface area contributed by atoms with E-state index < -0.39 is 0 Å². The van der Waals surface area contributed by atoms with Gasteiger partial charge < -0.3 is 10.6 Å². The van der Waals surface area contributed by atoms with E-state index in [-0.39, 0.29) is 30.8 Å². The smallest absolute Gasteiger partial charge is 0.239 e. The molecule has 0 aliphatic rings. The third-order valence-corrected chi connectivity index (χ3v) is 3.92. The third-order valence-electron chi connectivity index (χ3n) is 3.67. The Bertz CT molecular complexity index is 672. The second-order valence-electron chi connectivity index (χ2n) is 5.52. The summed E-state index contributed by atoms with van der Waals surface area (Å²) in [5.74, 6) is -0.380. The topological polar surface area (TPSA) is 58.2 Å². The van der Waals surface area contributed by atoms with Crippen molar-refractivity contribution in [2.24, 2.45) is 0 Å². The number of carbonyl (C=O) groups is 2. The van der Waals surface area contributed by atoms with Crippen LogP contribution in [0.3, 0.4) is 0 Å². The number of nitrogens with one attached hydrogen (secondary N) is 2. The molecule has 126 valence electrons. The molecule has 0 heterocycles. The second kappa shape index (κ2) is 9.08. The van der Waals surface area contributed by atoms with Gasteiger partial charge >= 0.3 is 0 Å². The van der Waals surface area contributed by atoms with Gasteiger partial charge in [0.05, 0.1) is 19.0 Å². The second-order valence-corrected chi connectivity index (χ2v) is 5.96. The first-order chi connectivity index (χ1) is 11.6. The van der Waals surface area contributed by atoms with Crippen molar-refractivity contribution < 1.29 is 9.59 Å². The van der Waals surface area contributed by atoms with Crippen LogP contribution in [0.4, 0.5) is 0 Å². The van der Waals surface area contributed by atoms with Crippen LogP contribution in [0.15, 0.2) is 54.6 Å².